The van der Waals surface area contributed by atoms with E-state index in [0.29, 0.717) is 12.1 Å². The van der Waals surface area contributed by atoms with Gasteiger partial charge < -0.3 is 4.52 Å². The van der Waals surface area contributed by atoms with Crippen molar-refractivity contribution < 1.29 is 17.3 Å². The van der Waals surface area contributed by atoms with Crippen LogP contribution in [-0.4, -0.2) is 20.1 Å². The number of nitrogens with zero attached hydrogens (tertiary/aromatic N) is 1. The molecule has 2 rings (SSSR count). The molecule has 2 aromatic rings. The van der Waals surface area contributed by atoms with Crippen molar-refractivity contribution in [2.75, 3.05) is 6.54 Å². The van der Waals surface area contributed by atoms with E-state index in [4.69, 9.17) is 0 Å². The Labute approximate surface area is 110 Å². The summed E-state index contributed by atoms with van der Waals surface area (Å²) in [6, 6.07) is 5.92. The summed E-state index contributed by atoms with van der Waals surface area (Å²) in [6.07, 6.45) is 1.57. The third kappa shape index (κ3) is 3.39. The van der Waals surface area contributed by atoms with Crippen LogP contribution in [0.5, 0.6) is 0 Å². The van der Waals surface area contributed by atoms with Gasteiger partial charge >= 0.3 is 0 Å². The highest BCUT2D eigenvalue weighted by Gasteiger charge is 2.19. The molecule has 0 bridgehead atoms. The first-order chi connectivity index (χ1) is 8.99. The summed E-state index contributed by atoms with van der Waals surface area (Å²) in [6.45, 7) is 1.77. The molecule has 0 saturated carbocycles. The lowest BCUT2D eigenvalue weighted by Gasteiger charge is -2.05. The maximum absolute atomic E-state index is 12.7. The second-order valence-corrected chi connectivity index (χ2v) is 5.77. The zero-order valence-corrected chi connectivity index (χ0v) is 11.1. The largest absolute Gasteiger partial charge is 0.363 e. The molecule has 1 aromatic heterocycles. The van der Waals surface area contributed by atoms with E-state index in [9.17, 15) is 12.8 Å². The molecule has 1 aromatic carbocycles. The first-order valence-corrected chi connectivity index (χ1v) is 7.12. The van der Waals surface area contributed by atoms with Gasteiger partial charge in [-0.3, -0.25) is 0 Å². The third-order valence-electron chi connectivity index (χ3n) is 2.61. The van der Waals surface area contributed by atoms with Gasteiger partial charge in [0, 0.05) is 6.54 Å². The summed E-state index contributed by atoms with van der Waals surface area (Å²) in [5, 5.41) is 3.52. The molecule has 7 heteroatoms. The van der Waals surface area contributed by atoms with Gasteiger partial charge in [0.1, 0.15) is 22.7 Å². The van der Waals surface area contributed by atoms with Crippen LogP contribution < -0.4 is 4.72 Å². The summed E-state index contributed by atoms with van der Waals surface area (Å²) in [7, 11) is -3.61. The van der Waals surface area contributed by atoms with E-state index in [2.05, 4.69) is 14.4 Å². The zero-order valence-electron chi connectivity index (χ0n) is 10.3. The summed E-state index contributed by atoms with van der Waals surface area (Å²) < 4.78 is 43.5. The van der Waals surface area contributed by atoms with E-state index in [-0.39, 0.29) is 17.3 Å². The Balaban J connectivity index is 1.96. The maximum Gasteiger partial charge on any atom is 0.245 e. The van der Waals surface area contributed by atoms with E-state index in [1.807, 2.05) is 0 Å². The van der Waals surface area contributed by atoms with Crippen molar-refractivity contribution in [3.05, 3.63) is 47.6 Å². The van der Waals surface area contributed by atoms with Gasteiger partial charge in [0.05, 0.1) is 0 Å². The molecule has 0 unspecified atom stereocenters. The highest BCUT2D eigenvalue weighted by atomic mass is 32.2. The van der Waals surface area contributed by atoms with Crippen molar-refractivity contribution in [2.24, 2.45) is 0 Å². The highest BCUT2D eigenvalue weighted by Crippen LogP contribution is 2.12. The molecule has 0 saturated heterocycles. The Morgan fingerprint density at radius 3 is 2.58 bits per heavy atom. The lowest BCUT2D eigenvalue weighted by molar-refractivity contribution is 0.413. The van der Waals surface area contributed by atoms with Crippen molar-refractivity contribution in [2.45, 2.75) is 18.2 Å². The molecule has 0 fully saturated rings. The first kappa shape index (κ1) is 13.7. The second kappa shape index (κ2) is 5.50. The van der Waals surface area contributed by atoms with Crippen LogP contribution in [0.4, 0.5) is 4.39 Å². The molecule has 1 N–H and O–H groups in total. The summed E-state index contributed by atoms with van der Waals surface area (Å²) >= 11 is 0. The van der Waals surface area contributed by atoms with Crippen LogP contribution in [0.25, 0.3) is 0 Å². The number of rotatable bonds is 5. The molecular formula is C12H13FN2O3S. The summed E-state index contributed by atoms with van der Waals surface area (Å²) in [5.41, 5.74) is 1.17. The summed E-state index contributed by atoms with van der Waals surface area (Å²) in [4.78, 5) is 0.0339. The van der Waals surface area contributed by atoms with Gasteiger partial charge in [-0.05, 0) is 31.0 Å². The van der Waals surface area contributed by atoms with E-state index in [1.165, 1.54) is 12.1 Å². The van der Waals surface area contributed by atoms with Gasteiger partial charge in [0.2, 0.25) is 10.0 Å². The van der Waals surface area contributed by atoms with Gasteiger partial charge in [0.25, 0.3) is 0 Å². The van der Waals surface area contributed by atoms with Crippen molar-refractivity contribution in [3.8, 4) is 0 Å². The number of nitrogens with one attached hydrogen (secondary N) is 1. The van der Waals surface area contributed by atoms with E-state index < -0.39 is 10.0 Å². The van der Waals surface area contributed by atoms with E-state index >= 15 is 0 Å². The molecule has 0 atom stereocenters. The van der Waals surface area contributed by atoms with Crippen LogP contribution in [0, 0.1) is 12.7 Å². The van der Waals surface area contributed by atoms with Crippen molar-refractivity contribution in [1.82, 2.24) is 9.88 Å². The molecule has 102 valence electrons. The Morgan fingerprint density at radius 2 is 2.00 bits per heavy atom. The molecule has 0 aliphatic rings. The quantitative estimate of drug-likeness (QED) is 0.906. The second-order valence-electron chi connectivity index (χ2n) is 4.04. The number of halogens is 1. The van der Waals surface area contributed by atoms with Crippen molar-refractivity contribution in [3.63, 3.8) is 0 Å². The Kier molecular flexibility index (Phi) is 3.96. The van der Waals surface area contributed by atoms with Crippen LogP contribution in [0.15, 0.2) is 39.9 Å². The average molecular weight is 284 g/mol. The molecule has 0 spiro atoms. The van der Waals surface area contributed by atoms with Gasteiger partial charge in [0.15, 0.2) is 0 Å². The van der Waals surface area contributed by atoms with E-state index in [0.717, 1.165) is 11.8 Å². The van der Waals surface area contributed by atoms with Crippen LogP contribution in [0.1, 0.15) is 11.3 Å². The van der Waals surface area contributed by atoms with E-state index in [1.54, 1.807) is 19.1 Å². The first-order valence-electron chi connectivity index (χ1n) is 5.64. The average Bonchev–Trinajstić information content (AvgIpc) is 2.79. The predicted octanol–water partition coefficient (Wildman–Crippen LogP) is 1.64. The molecule has 1 heterocycles. The SMILES string of the molecule is Cc1nocc1S(=O)(=O)NCCc1ccc(F)cc1. The summed E-state index contributed by atoms with van der Waals surface area (Å²) in [5.74, 6) is -0.315. The number of aryl methyl sites for hydroxylation is 1. The Hall–Kier alpha value is -1.73. The van der Waals surface area contributed by atoms with Crippen LogP contribution in [-0.2, 0) is 16.4 Å². The number of hydrogen-bond donors (Lipinski definition) is 1. The minimum atomic E-state index is -3.61. The molecule has 0 radical (unpaired) electrons. The monoisotopic (exact) mass is 284 g/mol. The number of hydrogen-bond acceptors (Lipinski definition) is 4. The minimum absolute atomic E-state index is 0.0339. The van der Waals surface area contributed by atoms with Crippen LogP contribution >= 0.6 is 0 Å². The third-order valence-corrected chi connectivity index (χ3v) is 4.17. The number of benzene rings is 1. The lowest BCUT2D eigenvalue weighted by Crippen LogP contribution is -2.26. The fourth-order valence-electron chi connectivity index (χ4n) is 1.60. The topological polar surface area (TPSA) is 72.2 Å². The lowest BCUT2D eigenvalue weighted by atomic mass is 10.1. The standard InChI is InChI=1S/C12H13FN2O3S/c1-9-12(8-18-15-9)19(16,17)14-7-6-10-2-4-11(13)5-3-10/h2-5,8,14H,6-7H2,1H3. The molecule has 0 aliphatic carbocycles. The van der Waals surface area contributed by atoms with Gasteiger partial charge in [-0.2, -0.15) is 0 Å². The zero-order chi connectivity index (χ0) is 13.9. The number of sulfonamides is 1. The molecule has 0 aliphatic heterocycles. The molecular weight excluding hydrogens is 271 g/mol. The Bertz CT molecular complexity index is 650. The van der Waals surface area contributed by atoms with Crippen molar-refractivity contribution >= 4 is 10.0 Å². The normalized spacial score (nSPS) is 11.7. The van der Waals surface area contributed by atoms with Gasteiger partial charge in [-0.15, -0.1) is 0 Å². The fraction of sp³-hybridized carbons (Fsp3) is 0.250. The molecule has 19 heavy (non-hydrogen) atoms. The van der Waals surface area contributed by atoms with Crippen LogP contribution in [0.3, 0.4) is 0 Å². The highest BCUT2D eigenvalue weighted by molar-refractivity contribution is 7.89. The maximum atomic E-state index is 12.7. The number of aromatic nitrogens is 1. The fourth-order valence-corrected chi connectivity index (χ4v) is 2.72. The molecule has 0 amide bonds. The van der Waals surface area contributed by atoms with Gasteiger partial charge in [-0.1, -0.05) is 17.3 Å². The Morgan fingerprint density at radius 1 is 1.32 bits per heavy atom. The predicted molar refractivity (Wildman–Crippen MR) is 66.5 cm³/mol. The minimum Gasteiger partial charge on any atom is -0.363 e. The smallest absolute Gasteiger partial charge is 0.245 e. The van der Waals surface area contributed by atoms with Crippen LogP contribution in [0.2, 0.25) is 0 Å². The molecule has 5 nitrogen and oxygen atoms in total. The van der Waals surface area contributed by atoms with Crippen molar-refractivity contribution in [1.29, 1.82) is 0 Å². The van der Waals surface area contributed by atoms with Gasteiger partial charge in [-0.25, -0.2) is 17.5 Å².